The molecule has 0 aliphatic carbocycles. The molecule has 0 amide bonds. The summed E-state index contributed by atoms with van der Waals surface area (Å²) in [6.45, 7) is 0.698. The number of ether oxygens (including phenoxy) is 2. The van der Waals surface area contributed by atoms with Gasteiger partial charge in [0.15, 0.2) is 0 Å². The monoisotopic (exact) mass is 462 g/mol. The molecular weight excluding hydrogens is 440 g/mol. The van der Waals surface area contributed by atoms with Crippen LogP contribution in [-0.2, 0) is 21.3 Å². The molecule has 3 aromatic rings. The van der Waals surface area contributed by atoms with E-state index < -0.39 is 10.0 Å². The van der Waals surface area contributed by atoms with E-state index in [1.54, 1.807) is 31.4 Å². The lowest BCUT2D eigenvalue weighted by molar-refractivity contribution is 0.0925. The van der Waals surface area contributed by atoms with Gasteiger partial charge in [0.2, 0.25) is 10.0 Å². The third-order valence-corrected chi connectivity index (χ3v) is 7.44. The van der Waals surface area contributed by atoms with Crippen LogP contribution in [0, 0.1) is 0 Å². The second kappa shape index (κ2) is 9.00. The second-order valence-corrected chi connectivity index (χ2v) is 9.84. The van der Waals surface area contributed by atoms with Gasteiger partial charge in [-0.3, -0.25) is 4.79 Å². The van der Waals surface area contributed by atoms with Gasteiger partial charge < -0.3 is 14.5 Å². The SMILES string of the molecule is COc1ccc2[nH]c(=O)c(CN(C[C@@H]3CCCO3)S(=O)(=O)c3ccc(Cl)cc3)cc2c1. The van der Waals surface area contributed by atoms with Crippen LogP contribution in [0.4, 0.5) is 0 Å². The Bertz CT molecular complexity index is 1230. The number of aromatic amines is 1. The lowest BCUT2D eigenvalue weighted by Gasteiger charge is -2.25. The summed E-state index contributed by atoms with van der Waals surface area (Å²) in [5, 5.41) is 1.21. The van der Waals surface area contributed by atoms with E-state index in [4.69, 9.17) is 21.1 Å². The average molecular weight is 463 g/mol. The highest BCUT2D eigenvalue weighted by Crippen LogP contribution is 2.24. The molecule has 1 fully saturated rings. The van der Waals surface area contributed by atoms with Crippen LogP contribution in [0.3, 0.4) is 0 Å². The van der Waals surface area contributed by atoms with Crippen LogP contribution >= 0.6 is 11.6 Å². The zero-order valence-electron chi connectivity index (χ0n) is 17.0. The first kappa shape index (κ1) is 21.8. The van der Waals surface area contributed by atoms with E-state index in [1.807, 2.05) is 0 Å². The molecule has 0 saturated carbocycles. The summed E-state index contributed by atoms with van der Waals surface area (Å²) < 4.78 is 39.1. The molecule has 1 aromatic heterocycles. The van der Waals surface area contributed by atoms with Crippen molar-refractivity contribution >= 4 is 32.5 Å². The number of pyridine rings is 1. The van der Waals surface area contributed by atoms with Gasteiger partial charge in [-0.05, 0) is 61.4 Å². The quantitative estimate of drug-likeness (QED) is 0.580. The number of aromatic nitrogens is 1. The predicted molar refractivity (Wildman–Crippen MR) is 119 cm³/mol. The van der Waals surface area contributed by atoms with Gasteiger partial charge in [-0.25, -0.2) is 8.42 Å². The molecule has 9 heteroatoms. The van der Waals surface area contributed by atoms with Crippen LogP contribution in [0.1, 0.15) is 18.4 Å². The Morgan fingerprint density at radius 2 is 1.97 bits per heavy atom. The van der Waals surface area contributed by atoms with Crippen LogP contribution in [0.15, 0.2) is 58.2 Å². The molecule has 2 aromatic carbocycles. The lowest BCUT2D eigenvalue weighted by Crippen LogP contribution is -2.38. The van der Waals surface area contributed by atoms with Crippen LogP contribution in [0.2, 0.25) is 5.02 Å². The van der Waals surface area contributed by atoms with Crippen molar-refractivity contribution < 1.29 is 17.9 Å². The number of benzene rings is 2. The third kappa shape index (κ3) is 4.77. The maximum atomic E-state index is 13.4. The third-order valence-electron chi connectivity index (χ3n) is 5.36. The maximum absolute atomic E-state index is 13.4. The highest BCUT2D eigenvalue weighted by atomic mass is 35.5. The smallest absolute Gasteiger partial charge is 0.252 e. The van der Waals surface area contributed by atoms with Gasteiger partial charge in [0.1, 0.15) is 5.75 Å². The van der Waals surface area contributed by atoms with Crippen molar-refractivity contribution in [1.82, 2.24) is 9.29 Å². The zero-order valence-corrected chi connectivity index (χ0v) is 18.6. The Balaban J connectivity index is 1.72. The number of fused-ring (bicyclic) bond motifs is 1. The molecule has 0 spiro atoms. The van der Waals surface area contributed by atoms with Crippen molar-refractivity contribution in [3.63, 3.8) is 0 Å². The summed E-state index contributed by atoms with van der Waals surface area (Å²) in [4.78, 5) is 15.7. The number of halogens is 1. The summed E-state index contributed by atoms with van der Waals surface area (Å²) >= 11 is 5.93. The minimum atomic E-state index is -3.87. The predicted octanol–water partition coefficient (Wildman–Crippen LogP) is 3.56. The fraction of sp³-hybridized carbons (Fsp3) is 0.318. The van der Waals surface area contributed by atoms with Gasteiger partial charge in [-0.2, -0.15) is 4.31 Å². The van der Waals surface area contributed by atoms with E-state index in [9.17, 15) is 13.2 Å². The van der Waals surface area contributed by atoms with Gasteiger partial charge in [0.05, 0.1) is 18.1 Å². The fourth-order valence-corrected chi connectivity index (χ4v) is 5.26. The molecular formula is C22H23ClN2O5S. The number of nitrogens with zero attached hydrogens (tertiary/aromatic N) is 1. The number of sulfonamides is 1. The number of hydrogen-bond acceptors (Lipinski definition) is 5. The number of methoxy groups -OCH3 is 1. The second-order valence-electron chi connectivity index (χ2n) is 7.46. The molecule has 2 heterocycles. The van der Waals surface area contributed by atoms with Crippen molar-refractivity contribution in [2.75, 3.05) is 20.3 Å². The average Bonchev–Trinajstić information content (AvgIpc) is 3.27. The topological polar surface area (TPSA) is 88.7 Å². The van der Waals surface area contributed by atoms with Crippen molar-refractivity contribution in [3.8, 4) is 5.75 Å². The molecule has 1 saturated heterocycles. The van der Waals surface area contributed by atoms with Gasteiger partial charge in [-0.1, -0.05) is 11.6 Å². The Labute approximate surface area is 185 Å². The van der Waals surface area contributed by atoms with Crippen molar-refractivity contribution in [2.45, 2.75) is 30.4 Å². The van der Waals surface area contributed by atoms with Crippen LogP contribution < -0.4 is 10.3 Å². The number of hydrogen-bond donors (Lipinski definition) is 1. The first-order chi connectivity index (χ1) is 14.9. The van der Waals surface area contributed by atoms with Gasteiger partial charge in [-0.15, -0.1) is 0 Å². The molecule has 164 valence electrons. The van der Waals surface area contributed by atoms with Gasteiger partial charge >= 0.3 is 0 Å². The highest BCUT2D eigenvalue weighted by molar-refractivity contribution is 7.89. The molecule has 1 aliphatic rings. The Morgan fingerprint density at radius 3 is 2.65 bits per heavy atom. The lowest BCUT2D eigenvalue weighted by atomic mass is 10.1. The molecule has 31 heavy (non-hydrogen) atoms. The number of H-pyrrole nitrogens is 1. The fourth-order valence-electron chi connectivity index (χ4n) is 3.68. The van der Waals surface area contributed by atoms with Crippen LogP contribution in [0.5, 0.6) is 5.75 Å². The zero-order chi connectivity index (χ0) is 22.0. The Kier molecular flexibility index (Phi) is 6.34. The summed E-state index contributed by atoms with van der Waals surface area (Å²) in [7, 11) is -2.30. The van der Waals surface area contributed by atoms with Crippen molar-refractivity contribution in [3.05, 3.63) is 69.5 Å². The van der Waals surface area contributed by atoms with E-state index in [0.717, 1.165) is 18.2 Å². The van der Waals surface area contributed by atoms with E-state index >= 15 is 0 Å². The summed E-state index contributed by atoms with van der Waals surface area (Å²) in [6, 6.07) is 13.0. The highest BCUT2D eigenvalue weighted by Gasteiger charge is 2.30. The Hall–Kier alpha value is -2.39. The molecule has 4 rings (SSSR count). The minimum Gasteiger partial charge on any atom is -0.497 e. The van der Waals surface area contributed by atoms with Crippen molar-refractivity contribution in [2.24, 2.45) is 0 Å². The molecule has 1 N–H and O–H groups in total. The molecule has 0 unspecified atom stereocenters. The molecule has 7 nitrogen and oxygen atoms in total. The summed E-state index contributed by atoms with van der Waals surface area (Å²) in [5.74, 6) is 0.649. The molecule has 0 radical (unpaired) electrons. The Morgan fingerprint density at radius 1 is 1.19 bits per heavy atom. The minimum absolute atomic E-state index is 0.0761. The van der Waals surface area contributed by atoms with Gasteiger partial charge in [0.25, 0.3) is 5.56 Å². The van der Waals surface area contributed by atoms with E-state index in [-0.39, 0.29) is 29.6 Å². The summed E-state index contributed by atoms with van der Waals surface area (Å²) in [5.41, 5.74) is 0.665. The standard InChI is InChI=1S/C22H23ClN2O5S/c1-29-18-6-9-21-15(12-18)11-16(22(26)24-21)13-25(14-19-3-2-10-30-19)31(27,28)20-7-4-17(23)5-8-20/h4-9,11-12,19H,2-3,10,13-14H2,1H3,(H,24,26)/t19-/m0/s1. The maximum Gasteiger partial charge on any atom is 0.252 e. The molecule has 1 atom stereocenters. The van der Waals surface area contributed by atoms with E-state index in [0.29, 0.717) is 28.5 Å². The number of nitrogens with one attached hydrogen (secondary N) is 1. The van der Waals surface area contributed by atoms with E-state index in [1.165, 1.54) is 28.6 Å². The molecule has 1 aliphatic heterocycles. The van der Waals surface area contributed by atoms with Gasteiger partial charge in [0, 0.05) is 41.2 Å². The largest absolute Gasteiger partial charge is 0.497 e. The van der Waals surface area contributed by atoms with Crippen molar-refractivity contribution in [1.29, 1.82) is 0 Å². The molecule has 0 bridgehead atoms. The van der Waals surface area contributed by atoms with Crippen LogP contribution in [0.25, 0.3) is 10.9 Å². The normalized spacial score (nSPS) is 16.8. The van der Waals surface area contributed by atoms with E-state index in [2.05, 4.69) is 4.98 Å². The number of rotatable bonds is 7. The first-order valence-corrected chi connectivity index (χ1v) is 11.8. The van der Waals surface area contributed by atoms with Crippen LogP contribution in [-0.4, -0.2) is 44.1 Å². The summed E-state index contributed by atoms with van der Waals surface area (Å²) in [6.07, 6.45) is 1.45. The first-order valence-electron chi connectivity index (χ1n) is 9.94.